The molecule has 0 radical (unpaired) electrons. The molecule has 0 aliphatic rings. The van der Waals surface area contributed by atoms with E-state index in [2.05, 4.69) is 10.3 Å². The van der Waals surface area contributed by atoms with Crippen LogP contribution in [-0.2, 0) is 0 Å². The molecule has 0 saturated heterocycles. The number of benzene rings is 1. The van der Waals surface area contributed by atoms with Gasteiger partial charge in [0.25, 0.3) is 0 Å². The molecule has 1 heterocycles. The minimum atomic E-state index is -0.178. The zero-order valence-electron chi connectivity index (χ0n) is 7.88. The van der Waals surface area contributed by atoms with Gasteiger partial charge in [-0.2, -0.15) is 0 Å². The first kappa shape index (κ1) is 9.33. The highest BCUT2D eigenvalue weighted by molar-refractivity contribution is 5.67. The van der Waals surface area contributed by atoms with Crippen LogP contribution in [0.3, 0.4) is 0 Å². The van der Waals surface area contributed by atoms with Crippen molar-refractivity contribution in [3.8, 4) is 11.5 Å². The topological polar surface area (TPSA) is 65.4 Å². The van der Waals surface area contributed by atoms with Crippen molar-refractivity contribution in [2.75, 3.05) is 5.32 Å². The van der Waals surface area contributed by atoms with Crippen LogP contribution in [0.5, 0.6) is 11.5 Å². The zero-order chi connectivity index (χ0) is 10.7. The second-order valence-electron chi connectivity index (χ2n) is 3.01. The Hall–Kier alpha value is -2.23. The molecule has 0 spiro atoms. The number of aromatic nitrogens is 1. The maximum absolute atomic E-state index is 9.52. The highest BCUT2D eigenvalue weighted by atomic mass is 16.3. The second kappa shape index (κ2) is 3.88. The molecular weight excluding hydrogens is 192 g/mol. The molecule has 4 nitrogen and oxygen atoms in total. The van der Waals surface area contributed by atoms with E-state index in [0.29, 0.717) is 11.5 Å². The highest BCUT2D eigenvalue weighted by Crippen LogP contribution is 2.33. The van der Waals surface area contributed by atoms with Crippen molar-refractivity contribution in [1.82, 2.24) is 4.98 Å². The molecule has 4 heteroatoms. The van der Waals surface area contributed by atoms with E-state index in [9.17, 15) is 10.2 Å². The normalized spacial score (nSPS) is 9.87. The SMILES string of the molecule is Oc1cccc(Nc2ccccn2)c1O. The van der Waals surface area contributed by atoms with Crippen molar-refractivity contribution in [3.63, 3.8) is 0 Å². The molecule has 2 aromatic rings. The van der Waals surface area contributed by atoms with Gasteiger partial charge in [-0.1, -0.05) is 12.1 Å². The summed E-state index contributed by atoms with van der Waals surface area (Å²) in [5.41, 5.74) is 0.425. The fraction of sp³-hybridized carbons (Fsp3) is 0. The molecule has 0 aliphatic carbocycles. The number of pyridine rings is 1. The first-order valence-electron chi connectivity index (χ1n) is 4.46. The van der Waals surface area contributed by atoms with E-state index in [-0.39, 0.29) is 11.5 Å². The van der Waals surface area contributed by atoms with E-state index in [1.54, 1.807) is 30.5 Å². The number of nitrogens with zero attached hydrogens (tertiary/aromatic N) is 1. The maximum Gasteiger partial charge on any atom is 0.181 e. The summed E-state index contributed by atoms with van der Waals surface area (Å²) in [6, 6.07) is 10.1. The van der Waals surface area contributed by atoms with E-state index in [0.717, 1.165) is 0 Å². The number of phenols is 2. The number of nitrogens with one attached hydrogen (secondary N) is 1. The summed E-state index contributed by atoms with van der Waals surface area (Å²) >= 11 is 0. The molecule has 76 valence electrons. The average molecular weight is 202 g/mol. The summed E-state index contributed by atoms with van der Waals surface area (Å²) < 4.78 is 0. The Bertz CT molecular complexity index is 457. The lowest BCUT2D eigenvalue weighted by atomic mass is 10.2. The van der Waals surface area contributed by atoms with Gasteiger partial charge in [-0.25, -0.2) is 4.98 Å². The van der Waals surface area contributed by atoms with Crippen LogP contribution in [0.4, 0.5) is 11.5 Å². The van der Waals surface area contributed by atoms with Crippen molar-refractivity contribution in [1.29, 1.82) is 0 Å². The molecule has 2 rings (SSSR count). The van der Waals surface area contributed by atoms with Crippen molar-refractivity contribution >= 4 is 11.5 Å². The first-order chi connectivity index (χ1) is 7.27. The Labute approximate surface area is 86.8 Å². The number of rotatable bonds is 2. The third kappa shape index (κ3) is 1.99. The summed E-state index contributed by atoms with van der Waals surface area (Å²) in [5, 5.41) is 21.7. The van der Waals surface area contributed by atoms with E-state index >= 15 is 0 Å². The van der Waals surface area contributed by atoms with Crippen molar-refractivity contribution < 1.29 is 10.2 Å². The lowest BCUT2D eigenvalue weighted by molar-refractivity contribution is 0.405. The van der Waals surface area contributed by atoms with Gasteiger partial charge in [-0.3, -0.25) is 0 Å². The Morgan fingerprint density at radius 2 is 1.87 bits per heavy atom. The molecular formula is C11H10N2O2. The van der Waals surface area contributed by atoms with E-state index < -0.39 is 0 Å². The molecule has 0 saturated carbocycles. The lowest BCUT2D eigenvalue weighted by Gasteiger charge is -2.07. The summed E-state index contributed by atoms with van der Waals surface area (Å²) in [7, 11) is 0. The third-order valence-corrected chi connectivity index (χ3v) is 1.94. The average Bonchev–Trinajstić information content (AvgIpc) is 2.26. The fourth-order valence-corrected chi connectivity index (χ4v) is 1.21. The number of para-hydroxylation sites is 1. The van der Waals surface area contributed by atoms with E-state index in [4.69, 9.17) is 0 Å². The quantitative estimate of drug-likeness (QED) is 0.653. The van der Waals surface area contributed by atoms with Gasteiger partial charge < -0.3 is 15.5 Å². The van der Waals surface area contributed by atoms with Gasteiger partial charge in [0.15, 0.2) is 11.5 Å². The molecule has 0 fully saturated rings. The Morgan fingerprint density at radius 3 is 2.60 bits per heavy atom. The number of hydrogen-bond acceptors (Lipinski definition) is 4. The van der Waals surface area contributed by atoms with Crippen LogP contribution in [0.15, 0.2) is 42.6 Å². The molecule has 0 atom stereocenters. The summed E-state index contributed by atoms with van der Waals surface area (Å²) in [5.74, 6) is 0.275. The molecule has 1 aromatic carbocycles. The number of aromatic hydroxyl groups is 2. The van der Waals surface area contributed by atoms with Crippen molar-refractivity contribution in [2.24, 2.45) is 0 Å². The molecule has 0 amide bonds. The predicted molar refractivity (Wildman–Crippen MR) is 57.3 cm³/mol. The van der Waals surface area contributed by atoms with Crippen LogP contribution >= 0.6 is 0 Å². The van der Waals surface area contributed by atoms with Gasteiger partial charge in [0.05, 0.1) is 5.69 Å². The fourth-order valence-electron chi connectivity index (χ4n) is 1.21. The van der Waals surface area contributed by atoms with Crippen molar-refractivity contribution in [2.45, 2.75) is 0 Å². The monoisotopic (exact) mass is 202 g/mol. The van der Waals surface area contributed by atoms with Crippen LogP contribution in [-0.4, -0.2) is 15.2 Å². The van der Waals surface area contributed by atoms with Crippen LogP contribution < -0.4 is 5.32 Å². The maximum atomic E-state index is 9.52. The molecule has 0 unspecified atom stereocenters. The van der Waals surface area contributed by atoms with Gasteiger partial charge in [0, 0.05) is 6.20 Å². The zero-order valence-corrected chi connectivity index (χ0v) is 7.88. The van der Waals surface area contributed by atoms with E-state index in [1.165, 1.54) is 6.07 Å². The Morgan fingerprint density at radius 1 is 1.00 bits per heavy atom. The van der Waals surface area contributed by atoms with Gasteiger partial charge >= 0.3 is 0 Å². The lowest BCUT2D eigenvalue weighted by Crippen LogP contribution is -1.92. The molecule has 0 bridgehead atoms. The van der Waals surface area contributed by atoms with Gasteiger partial charge in [-0.05, 0) is 24.3 Å². The van der Waals surface area contributed by atoms with E-state index in [1.807, 2.05) is 6.07 Å². The van der Waals surface area contributed by atoms with Gasteiger partial charge in [-0.15, -0.1) is 0 Å². The minimum Gasteiger partial charge on any atom is -0.504 e. The summed E-state index contributed by atoms with van der Waals surface area (Å²) in [6.07, 6.45) is 1.64. The smallest absolute Gasteiger partial charge is 0.181 e. The molecule has 0 aliphatic heterocycles. The second-order valence-corrected chi connectivity index (χ2v) is 3.01. The molecule has 15 heavy (non-hydrogen) atoms. The van der Waals surface area contributed by atoms with Crippen LogP contribution in [0.1, 0.15) is 0 Å². The van der Waals surface area contributed by atoms with Gasteiger partial charge in [0.1, 0.15) is 5.82 Å². The molecule has 3 N–H and O–H groups in total. The van der Waals surface area contributed by atoms with Crippen molar-refractivity contribution in [3.05, 3.63) is 42.6 Å². The summed E-state index contributed by atoms with van der Waals surface area (Å²) in [6.45, 7) is 0. The molecule has 1 aromatic heterocycles. The minimum absolute atomic E-state index is 0.157. The number of phenolic OH excluding ortho intramolecular Hbond substituents is 2. The third-order valence-electron chi connectivity index (χ3n) is 1.94. The first-order valence-corrected chi connectivity index (χ1v) is 4.46. The Kier molecular flexibility index (Phi) is 2.41. The highest BCUT2D eigenvalue weighted by Gasteiger charge is 2.05. The predicted octanol–water partition coefficient (Wildman–Crippen LogP) is 2.24. The standard InChI is InChI=1S/C11H10N2O2/c14-9-5-3-4-8(11(9)15)13-10-6-1-2-7-12-10/h1-7,14-15H,(H,12,13). The van der Waals surface area contributed by atoms with Crippen LogP contribution in [0, 0.1) is 0 Å². The van der Waals surface area contributed by atoms with Gasteiger partial charge in [0.2, 0.25) is 0 Å². The largest absolute Gasteiger partial charge is 0.504 e. The van der Waals surface area contributed by atoms with Crippen LogP contribution in [0.25, 0.3) is 0 Å². The van der Waals surface area contributed by atoms with Crippen LogP contribution in [0.2, 0.25) is 0 Å². The number of anilines is 2. The Balaban J connectivity index is 2.29. The summed E-state index contributed by atoms with van der Waals surface area (Å²) in [4.78, 5) is 4.04. The number of hydrogen-bond donors (Lipinski definition) is 3.